The van der Waals surface area contributed by atoms with E-state index in [9.17, 15) is 4.79 Å². The van der Waals surface area contributed by atoms with Crippen LogP contribution in [0.2, 0.25) is 0 Å². The first-order chi connectivity index (χ1) is 7.57. The maximum atomic E-state index is 9.60. The first-order valence-corrected chi connectivity index (χ1v) is 4.64. The standard InChI is InChI=1S/C8H8.C4H6O2.C2H4/c1-2-8-6-4-3-5-7-8;1-3(2)4(5)6;1-2/h2-7H,1H2;1H2,2H3,(H,5,6);1-2H2. The van der Waals surface area contributed by atoms with Crippen molar-refractivity contribution in [1.29, 1.82) is 0 Å². The molecule has 2 nitrogen and oxygen atoms in total. The average Bonchev–Trinajstić information content (AvgIpc) is 2.33. The first-order valence-electron chi connectivity index (χ1n) is 4.64. The highest BCUT2D eigenvalue weighted by atomic mass is 16.4. The molecule has 0 atom stereocenters. The predicted octanol–water partition coefficient (Wildman–Crippen LogP) is 3.78. The van der Waals surface area contributed by atoms with E-state index in [0.717, 1.165) is 0 Å². The van der Waals surface area contributed by atoms with E-state index in [2.05, 4.69) is 26.3 Å². The molecule has 1 aromatic carbocycles. The smallest absolute Gasteiger partial charge is 0.330 e. The molecule has 16 heavy (non-hydrogen) atoms. The maximum Gasteiger partial charge on any atom is 0.330 e. The van der Waals surface area contributed by atoms with Crippen molar-refractivity contribution in [2.24, 2.45) is 0 Å². The second kappa shape index (κ2) is 11.0. The Morgan fingerprint density at radius 1 is 1.25 bits per heavy atom. The molecule has 86 valence electrons. The molecule has 1 N–H and O–H groups in total. The van der Waals surface area contributed by atoms with Gasteiger partial charge < -0.3 is 5.11 Å². The van der Waals surface area contributed by atoms with Crippen molar-refractivity contribution < 1.29 is 9.90 Å². The van der Waals surface area contributed by atoms with Crippen molar-refractivity contribution in [2.75, 3.05) is 0 Å². The molecule has 2 heteroatoms. The van der Waals surface area contributed by atoms with E-state index >= 15 is 0 Å². The Balaban J connectivity index is 0. The fourth-order valence-corrected chi connectivity index (χ4v) is 0.589. The van der Waals surface area contributed by atoms with Crippen LogP contribution in [-0.2, 0) is 4.79 Å². The summed E-state index contributed by atoms with van der Waals surface area (Å²) in [5.41, 5.74) is 1.35. The number of hydrogen-bond acceptors (Lipinski definition) is 1. The van der Waals surface area contributed by atoms with Crippen LogP contribution in [0.3, 0.4) is 0 Å². The second-order valence-electron chi connectivity index (χ2n) is 2.70. The highest BCUT2D eigenvalue weighted by Crippen LogP contribution is 1.97. The van der Waals surface area contributed by atoms with Gasteiger partial charge in [0.2, 0.25) is 0 Å². The van der Waals surface area contributed by atoms with Gasteiger partial charge in [0.25, 0.3) is 0 Å². The Kier molecular flexibility index (Phi) is 11.2. The molecular formula is C14H18O2. The largest absolute Gasteiger partial charge is 0.478 e. The van der Waals surface area contributed by atoms with Crippen molar-refractivity contribution in [3.05, 3.63) is 67.8 Å². The van der Waals surface area contributed by atoms with Crippen LogP contribution in [0.25, 0.3) is 6.08 Å². The van der Waals surface area contributed by atoms with Gasteiger partial charge in [0.15, 0.2) is 0 Å². The zero-order chi connectivity index (χ0) is 13.0. The maximum absolute atomic E-state index is 9.60. The summed E-state index contributed by atoms with van der Waals surface area (Å²) in [7, 11) is 0. The third-order valence-electron chi connectivity index (χ3n) is 1.40. The van der Waals surface area contributed by atoms with Crippen LogP contribution < -0.4 is 0 Å². The third kappa shape index (κ3) is 9.99. The second-order valence-corrected chi connectivity index (χ2v) is 2.70. The van der Waals surface area contributed by atoms with Gasteiger partial charge in [-0.05, 0) is 12.5 Å². The van der Waals surface area contributed by atoms with Gasteiger partial charge in [-0.25, -0.2) is 4.79 Å². The normalized spacial score (nSPS) is 7.31. The zero-order valence-corrected chi connectivity index (χ0v) is 9.65. The number of benzene rings is 1. The number of hydrogen-bond donors (Lipinski definition) is 1. The molecule has 0 radical (unpaired) electrons. The lowest BCUT2D eigenvalue weighted by molar-refractivity contribution is -0.132. The van der Waals surface area contributed by atoms with Crippen LogP contribution >= 0.6 is 0 Å². The van der Waals surface area contributed by atoms with Crippen molar-refractivity contribution in [1.82, 2.24) is 0 Å². The van der Waals surface area contributed by atoms with Crippen LogP contribution in [0.4, 0.5) is 0 Å². The van der Waals surface area contributed by atoms with Crippen molar-refractivity contribution >= 4 is 12.0 Å². The Hall–Kier alpha value is -2.09. The van der Waals surface area contributed by atoms with E-state index in [0.29, 0.717) is 0 Å². The Bertz CT molecular complexity index is 314. The van der Waals surface area contributed by atoms with Gasteiger partial charge in [-0.3, -0.25) is 0 Å². The first kappa shape index (κ1) is 16.3. The SMILES string of the molecule is C=C.C=C(C)C(=O)O.C=Cc1ccccc1. The number of rotatable bonds is 2. The lowest BCUT2D eigenvalue weighted by Gasteiger charge is -1.85. The quantitative estimate of drug-likeness (QED) is 0.606. The van der Waals surface area contributed by atoms with Crippen LogP contribution in [-0.4, -0.2) is 11.1 Å². The van der Waals surface area contributed by atoms with Gasteiger partial charge in [-0.2, -0.15) is 0 Å². The van der Waals surface area contributed by atoms with Crippen molar-refractivity contribution in [3.8, 4) is 0 Å². The molecule has 0 saturated heterocycles. The fourth-order valence-electron chi connectivity index (χ4n) is 0.589. The number of carboxylic acids is 1. The van der Waals surface area contributed by atoms with Gasteiger partial charge in [-0.15, -0.1) is 13.2 Å². The molecule has 0 aliphatic heterocycles. The summed E-state index contributed by atoms with van der Waals surface area (Å²) in [6.45, 7) is 14.2. The van der Waals surface area contributed by atoms with E-state index in [1.54, 1.807) is 0 Å². The molecule has 0 bridgehead atoms. The predicted molar refractivity (Wildman–Crippen MR) is 70.2 cm³/mol. The molecular weight excluding hydrogens is 200 g/mol. The Morgan fingerprint density at radius 2 is 1.62 bits per heavy atom. The number of carbonyl (C=O) groups is 1. The lowest BCUT2D eigenvalue weighted by Crippen LogP contribution is -1.92. The highest BCUT2D eigenvalue weighted by Gasteiger charge is 1.90. The minimum Gasteiger partial charge on any atom is -0.478 e. The molecule has 0 aliphatic rings. The van der Waals surface area contributed by atoms with Gasteiger partial charge in [0.05, 0.1) is 0 Å². The van der Waals surface area contributed by atoms with Gasteiger partial charge >= 0.3 is 5.97 Å². The van der Waals surface area contributed by atoms with Crippen molar-refractivity contribution in [2.45, 2.75) is 6.92 Å². The molecule has 0 heterocycles. The topological polar surface area (TPSA) is 37.3 Å². The van der Waals surface area contributed by atoms with E-state index < -0.39 is 5.97 Å². The van der Waals surface area contributed by atoms with E-state index in [-0.39, 0.29) is 5.57 Å². The summed E-state index contributed by atoms with van der Waals surface area (Å²) < 4.78 is 0. The molecule has 0 spiro atoms. The summed E-state index contributed by atoms with van der Waals surface area (Å²) in [6.07, 6.45) is 1.83. The van der Waals surface area contributed by atoms with Gasteiger partial charge in [-0.1, -0.05) is 49.6 Å². The summed E-state index contributed by atoms with van der Waals surface area (Å²) >= 11 is 0. The molecule has 0 aromatic heterocycles. The summed E-state index contributed by atoms with van der Waals surface area (Å²) in [5, 5.41) is 7.89. The zero-order valence-electron chi connectivity index (χ0n) is 9.65. The molecule has 0 aliphatic carbocycles. The Morgan fingerprint density at radius 3 is 1.81 bits per heavy atom. The van der Waals surface area contributed by atoms with Crippen LogP contribution in [0.15, 0.2) is 62.2 Å². The molecule has 1 rings (SSSR count). The Labute approximate surface area is 97.2 Å². The minimum absolute atomic E-state index is 0.176. The van der Waals surface area contributed by atoms with Crippen LogP contribution in [0.1, 0.15) is 12.5 Å². The molecule has 0 saturated carbocycles. The van der Waals surface area contributed by atoms with E-state index in [1.807, 2.05) is 36.4 Å². The van der Waals surface area contributed by atoms with Gasteiger partial charge in [0, 0.05) is 5.57 Å². The van der Waals surface area contributed by atoms with Crippen LogP contribution in [0, 0.1) is 0 Å². The van der Waals surface area contributed by atoms with E-state index in [1.165, 1.54) is 12.5 Å². The van der Waals surface area contributed by atoms with Crippen LogP contribution in [0.5, 0.6) is 0 Å². The molecule has 0 fully saturated rings. The summed E-state index contributed by atoms with van der Waals surface area (Å²) in [6, 6.07) is 10.0. The third-order valence-corrected chi connectivity index (χ3v) is 1.40. The minimum atomic E-state index is -0.935. The van der Waals surface area contributed by atoms with Gasteiger partial charge in [0.1, 0.15) is 0 Å². The molecule has 0 unspecified atom stereocenters. The van der Waals surface area contributed by atoms with Crippen molar-refractivity contribution in [3.63, 3.8) is 0 Å². The fraction of sp³-hybridized carbons (Fsp3) is 0.0714. The average molecular weight is 218 g/mol. The van der Waals surface area contributed by atoms with E-state index in [4.69, 9.17) is 5.11 Å². The highest BCUT2D eigenvalue weighted by molar-refractivity contribution is 5.84. The summed E-state index contributed by atoms with van der Waals surface area (Å²) in [4.78, 5) is 9.60. The lowest BCUT2D eigenvalue weighted by atomic mass is 10.2. The molecule has 0 amide bonds. The monoisotopic (exact) mass is 218 g/mol. The summed E-state index contributed by atoms with van der Waals surface area (Å²) in [5.74, 6) is -0.935. The molecule has 1 aromatic rings. The number of carboxylic acid groups (broad SMARTS) is 1. The number of aliphatic carboxylic acids is 1.